The van der Waals surface area contributed by atoms with Crippen LogP contribution in [0.4, 0.5) is 5.69 Å². The summed E-state index contributed by atoms with van der Waals surface area (Å²) in [5.74, 6) is 0. The highest BCUT2D eigenvalue weighted by Crippen LogP contribution is 2.27. The lowest BCUT2D eigenvalue weighted by Gasteiger charge is -2.37. The fourth-order valence-electron chi connectivity index (χ4n) is 2.87. The van der Waals surface area contributed by atoms with Gasteiger partial charge in [-0.05, 0) is 38.4 Å². The predicted octanol–water partition coefficient (Wildman–Crippen LogP) is 2.95. The Labute approximate surface area is 123 Å². The highest BCUT2D eigenvalue weighted by molar-refractivity contribution is 6.30. The molecule has 0 radical (unpaired) electrons. The standard InChI is InChI=1S/C14H20ClN3O2/c1-10(16)13-4-2-3-7-17(13)9-11-5-6-12(15)8-14(11)18(19)20/h5-6,8,10,13H,2-4,7,9,16H2,1H3. The second-order valence-corrected chi connectivity index (χ2v) is 5.86. The monoisotopic (exact) mass is 297 g/mol. The lowest BCUT2D eigenvalue weighted by atomic mass is 9.96. The van der Waals surface area contributed by atoms with Crippen LogP contribution in [0.25, 0.3) is 0 Å². The van der Waals surface area contributed by atoms with Gasteiger partial charge in [0.15, 0.2) is 0 Å². The number of nitro benzene ring substituents is 1. The quantitative estimate of drug-likeness (QED) is 0.685. The van der Waals surface area contributed by atoms with E-state index in [-0.39, 0.29) is 16.7 Å². The maximum Gasteiger partial charge on any atom is 0.275 e. The topological polar surface area (TPSA) is 72.4 Å². The van der Waals surface area contributed by atoms with Gasteiger partial charge in [0.25, 0.3) is 5.69 Å². The molecule has 1 heterocycles. The molecule has 110 valence electrons. The van der Waals surface area contributed by atoms with E-state index in [2.05, 4.69) is 4.90 Å². The van der Waals surface area contributed by atoms with E-state index in [1.54, 1.807) is 12.1 Å². The average molecular weight is 298 g/mol. The molecule has 2 unspecified atom stereocenters. The minimum Gasteiger partial charge on any atom is -0.327 e. The van der Waals surface area contributed by atoms with Gasteiger partial charge < -0.3 is 5.73 Å². The Balaban J connectivity index is 2.22. The Morgan fingerprint density at radius 3 is 2.95 bits per heavy atom. The molecule has 1 saturated heterocycles. The summed E-state index contributed by atoms with van der Waals surface area (Å²) in [6.45, 7) is 3.49. The van der Waals surface area contributed by atoms with E-state index in [9.17, 15) is 10.1 Å². The van der Waals surface area contributed by atoms with Crippen LogP contribution in [0.2, 0.25) is 5.02 Å². The molecule has 0 aliphatic carbocycles. The number of hydrogen-bond acceptors (Lipinski definition) is 4. The third-order valence-electron chi connectivity index (χ3n) is 3.89. The molecule has 0 spiro atoms. The van der Waals surface area contributed by atoms with Gasteiger partial charge in [-0.2, -0.15) is 0 Å². The maximum atomic E-state index is 11.1. The lowest BCUT2D eigenvalue weighted by molar-refractivity contribution is -0.385. The number of likely N-dealkylation sites (tertiary alicyclic amines) is 1. The molecule has 0 bridgehead atoms. The van der Waals surface area contributed by atoms with Gasteiger partial charge in [-0.1, -0.05) is 18.0 Å². The molecule has 0 aromatic heterocycles. The number of nitrogens with two attached hydrogens (primary N) is 1. The molecular weight excluding hydrogens is 278 g/mol. The van der Waals surface area contributed by atoms with Crippen molar-refractivity contribution in [3.05, 3.63) is 38.9 Å². The molecule has 1 aromatic rings. The smallest absolute Gasteiger partial charge is 0.275 e. The normalized spacial score (nSPS) is 21.6. The van der Waals surface area contributed by atoms with Gasteiger partial charge in [0.1, 0.15) is 0 Å². The van der Waals surface area contributed by atoms with Crippen LogP contribution in [0.1, 0.15) is 31.7 Å². The van der Waals surface area contributed by atoms with E-state index in [4.69, 9.17) is 17.3 Å². The summed E-state index contributed by atoms with van der Waals surface area (Å²) in [6.07, 6.45) is 3.34. The van der Waals surface area contributed by atoms with Crippen molar-refractivity contribution in [2.75, 3.05) is 6.54 Å². The molecule has 1 fully saturated rings. The molecule has 1 aliphatic heterocycles. The van der Waals surface area contributed by atoms with E-state index in [1.807, 2.05) is 6.92 Å². The molecule has 2 rings (SSSR count). The van der Waals surface area contributed by atoms with E-state index < -0.39 is 0 Å². The first-order valence-electron chi connectivity index (χ1n) is 6.91. The number of piperidine rings is 1. The zero-order chi connectivity index (χ0) is 14.7. The van der Waals surface area contributed by atoms with Gasteiger partial charge in [0.05, 0.1) is 4.92 Å². The van der Waals surface area contributed by atoms with Gasteiger partial charge >= 0.3 is 0 Å². The Morgan fingerprint density at radius 1 is 1.55 bits per heavy atom. The fourth-order valence-corrected chi connectivity index (χ4v) is 3.03. The van der Waals surface area contributed by atoms with Crippen molar-refractivity contribution in [1.82, 2.24) is 4.90 Å². The van der Waals surface area contributed by atoms with Crippen molar-refractivity contribution in [2.45, 2.75) is 44.8 Å². The van der Waals surface area contributed by atoms with E-state index >= 15 is 0 Å². The molecule has 20 heavy (non-hydrogen) atoms. The van der Waals surface area contributed by atoms with Crippen molar-refractivity contribution in [2.24, 2.45) is 5.73 Å². The first kappa shape index (κ1) is 15.2. The molecule has 1 aromatic carbocycles. The molecule has 2 N–H and O–H groups in total. The lowest BCUT2D eigenvalue weighted by Crippen LogP contribution is -2.48. The summed E-state index contributed by atoms with van der Waals surface area (Å²) >= 11 is 5.84. The van der Waals surface area contributed by atoms with Crippen molar-refractivity contribution >= 4 is 17.3 Å². The van der Waals surface area contributed by atoms with E-state index in [1.165, 1.54) is 12.5 Å². The average Bonchev–Trinajstić information content (AvgIpc) is 2.41. The van der Waals surface area contributed by atoms with Gasteiger partial charge in [0.2, 0.25) is 0 Å². The largest absolute Gasteiger partial charge is 0.327 e. The predicted molar refractivity (Wildman–Crippen MR) is 79.8 cm³/mol. The van der Waals surface area contributed by atoms with Crippen LogP contribution < -0.4 is 5.73 Å². The van der Waals surface area contributed by atoms with Gasteiger partial charge in [-0.15, -0.1) is 0 Å². The number of hydrogen-bond donors (Lipinski definition) is 1. The summed E-state index contributed by atoms with van der Waals surface area (Å²) in [6, 6.07) is 5.23. The number of nitro groups is 1. The van der Waals surface area contributed by atoms with Crippen molar-refractivity contribution < 1.29 is 4.92 Å². The molecular formula is C14H20ClN3O2. The van der Waals surface area contributed by atoms with Gasteiger partial charge in [-0.3, -0.25) is 15.0 Å². The third kappa shape index (κ3) is 3.48. The molecule has 0 amide bonds. The molecule has 6 heteroatoms. The molecule has 5 nitrogen and oxygen atoms in total. The van der Waals surface area contributed by atoms with Crippen molar-refractivity contribution in [3.63, 3.8) is 0 Å². The SMILES string of the molecule is CC(N)C1CCCCN1Cc1ccc(Cl)cc1[N+](=O)[O-]. The first-order chi connectivity index (χ1) is 9.49. The Hall–Kier alpha value is -1.17. The van der Waals surface area contributed by atoms with Crippen LogP contribution in [0.5, 0.6) is 0 Å². The second kappa shape index (κ2) is 6.52. The van der Waals surface area contributed by atoms with Gasteiger partial charge in [-0.25, -0.2) is 0 Å². The van der Waals surface area contributed by atoms with Crippen LogP contribution in [-0.4, -0.2) is 28.5 Å². The van der Waals surface area contributed by atoms with E-state index in [0.29, 0.717) is 23.2 Å². The van der Waals surface area contributed by atoms with Crippen LogP contribution in [0.3, 0.4) is 0 Å². The number of nitrogens with zero attached hydrogens (tertiary/aromatic N) is 2. The Kier molecular flexibility index (Phi) is 4.96. The van der Waals surface area contributed by atoms with Crippen LogP contribution in [0, 0.1) is 10.1 Å². The highest BCUT2D eigenvalue weighted by atomic mass is 35.5. The third-order valence-corrected chi connectivity index (χ3v) is 4.12. The van der Waals surface area contributed by atoms with Gasteiger partial charge in [0, 0.05) is 35.3 Å². The Bertz CT molecular complexity index is 493. The maximum absolute atomic E-state index is 11.1. The summed E-state index contributed by atoms with van der Waals surface area (Å²) in [5.41, 5.74) is 6.83. The Morgan fingerprint density at radius 2 is 2.30 bits per heavy atom. The second-order valence-electron chi connectivity index (χ2n) is 5.42. The number of halogens is 1. The van der Waals surface area contributed by atoms with Crippen LogP contribution in [0.15, 0.2) is 18.2 Å². The fraction of sp³-hybridized carbons (Fsp3) is 0.571. The van der Waals surface area contributed by atoms with Crippen molar-refractivity contribution in [3.8, 4) is 0 Å². The number of benzene rings is 1. The van der Waals surface area contributed by atoms with Crippen LogP contribution in [-0.2, 0) is 6.54 Å². The molecule has 1 aliphatic rings. The summed E-state index contributed by atoms with van der Waals surface area (Å²) < 4.78 is 0. The first-order valence-corrected chi connectivity index (χ1v) is 7.29. The molecule has 2 atom stereocenters. The minimum absolute atomic E-state index is 0.0710. The van der Waals surface area contributed by atoms with Crippen LogP contribution >= 0.6 is 11.6 Å². The zero-order valence-corrected chi connectivity index (χ0v) is 12.3. The summed E-state index contributed by atoms with van der Waals surface area (Å²) in [7, 11) is 0. The minimum atomic E-state index is -0.369. The summed E-state index contributed by atoms with van der Waals surface area (Å²) in [4.78, 5) is 13.0. The molecule has 0 saturated carbocycles. The number of rotatable bonds is 4. The highest BCUT2D eigenvalue weighted by Gasteiger charge is 2.27. The summed E-state index contributed by atoms with van der Waals surface area (Å²) in [5, 5.41) is 11.5. The zero-order valence-electron chi connectivity index (χ0n) is 11.6. The van der Waals surface area contributed by atoms with Crippen molar-refractivity contribution in [1.29, 1.82) is 0 Å². The van der Waals surface area contributed by atoms with E-state index in [0.717, 1.165) is 19.4 Å².